The van der Waals surface area contributed by atoms with Gasteiger partial charge in [-0.3, -0.25) is 9.69 Å². The average Bonchev–Trinajstić information content (AvgIpc) is 2.48. The molecule has 5 nitrogen and oxygen atoms in total. The minimum Gasteiger partial charge on any atom is -0.374 e. The summed E-state index contributed by atoms with van der Waals surface area (Å²) in [5.74, 6) is 0.0290. The lowest BCUT2D eigenvalue weighted by Crippen LogP contribution is -2.52. The number of amides is 1. The van der Waals surface area contributed by atoms with E-state index >= 15 is 0 Å². The molecule has 1 aliphatic rings. The smallest absolute Gasteiger partial charge is 0.241 e. The Morgan fingerprint density at radius 1 is 1.45 bits per heavy atom. The number of para-hydroxylation sites is 1. The molecule has 0 spiro atoms. The van der Waals surface area contributed by atoms with E-state index in [1.54, 1.807) is 0 Å². The molecule has 20 heavy (non-hydrogen) atoms. The largest absolute Gasteiger partial charge is 0.374 e. The molecule has 1 aromatic rings. The fraction of sp³-hybridized carbons (Fsp3) is 0.533. The van der Waals surface area contributed by atoms with Crippen LogP contribution >= 0.6 is 0 Å². The molecule has 2 N–H and O–H groups in total. The molecule has 0 saturated carbocycles. The number of hydrogen-bond donors (Lipinski definition) is 2. The number of rotatable bonds is 5. The van der Waals surface area contributed by atoms with E-state index in [1.807, 2.05) is 44.3 Å². The summed E-state index contributed by atoms with van der Waals surface area (Å²) >= 11 is 0. The summed E-state index contributed by atoms with van der Waals surface area (Å²) in [7, 11) is 1.91. The molecule has 1 saturated heterocycles. The molecule has 0 aliphatic carbocycles. The maximum absolute atomic E-state index is 12.3. The van der Waals surface area contributed by atoms with Crippen LogP contribution in [0.15, 0.2) is 30.3 Å². The summed E-state index contributed by atoms with van der Waals surface area (Å²) < 4.78 is 5.66. The first-order chi connectivity index (χ1) is 9.70. The first-order valence-electron chi connectivity index (χ1n) is 7.07. The third-order valence-corrected chi connectivity index (χ3v) is 3.57. The summed E-state index contributed by atoms with van der Waals surface area (Å²) in [5.41, 5.74) is 0.837. The number of carbonyl (C=O) groups is 1. The second kappa shape index (κ2) is 7.38. The van der Waals surface area contributed by atoms with Gasteiger partial charge in [0, 0.05) is 25.3 Å². The quantitative estimate of drug-likeness (QED) is 0.841. The van der Waals surface area contributed by atoms with Crippen molar-refractivity contribution < 1.29 is 9.53 Å². The minimum atomic E-state index is -0.154. The predicted molar refractivity (Wildman–Crippen MR) is 79.8 cm³/mol. The number of nitrogens with one attached hydrogen (secondary N) is 2. The first kappa shape index (κ1) is 15.0. The Kier molecular flexibility index (Phi) is 5.52. The normalized spacial score (nSPS) is 21.4. The van der Waals surface area contributed by atoms with Crippen LogP contribution in [0.1, 0.15) is 6.92 Å². The molecule has 2 atom stereocenters. The Hall–Kier alpha value is -1.43. The zero-order valence-electron chi connectivity index (χ0n) is 12.1. The van der Waals surface area contributed by atoms with E-state index < -0.39 is 0 Å². The van der Waals surface area contributed by atoms with Crippen molar-refractivity contribution in [3.63, 3.8) is 0 Å². The SMILES string of the molecule is CNCC1CN(C(C)C(=O)Nc2ccccc2)CCO1. The minimum absolute atomic E-state index is 0.0290. The van der Waals surface area contributed by atoms with E-state index in [4.69, 9.17) is 4.74 Å². The molecule has 1 aliphatic heterocycles. The van der Waals surface area contributed by atoms with Crippen molar-refractivity contribution in [2.45, 2.75) is 19.1 Å². The number of likely N-dealkylation sites (N-methyl/N-ethyl adjacent to an activating group) is 1. The predicted octanol–water partition coefficient (Wildman–Crippen LogP) is 0.934. The number of benzene rings is 1. The molecule has 110 valence electrons. The average molecular weight is 277 g/mol. The van der Waals surface area contributed by atoms with Crippen LogP contribution in [0.4, 0.5) is 5.69 Å². The third-order valence-electron chi connectivity index (χ3n) is 3.57. The highest BCUT2D eigenvalue weighted by atomic mass is 16.5. The lowest BCUT2D eigenvalue weighted by molar-refractivity contribution is -0.124. The van der Waals surface area contributed by atoms with Crippen molar-refractivity contribution in [1.82, 2.24) is 10.2 Å². The Balaban J connectivity index is 1.89. The molecule has 1 amide bonds. The number of nitrogens with zero attached hydrogens (tertiary/aromatic N) is 1. The lowest BCUT2D eigenvalue weighted by Gasteiger charge is -2.36. The van der Waals surface area contributed by atoms with Gasteiger partial charge in [-0.15, -0.1) is 0 Å². The Morgan fingerprint density at radius 2 is 2.20 bits per heavy atom. The maximum Gasteiger partial charge on any atom is 0.241 e. The van der Waals surface area contributed by atoms with Crippen LogP contribution in [-0.4, -0.2) is 56.2 Å². The van der Waals surface area contributed by atoms with Gasteiger partial charge in [-0.05, 0) is 26.1 Å². The Bertz CT molecular complexity index is 422. The topological polar surface area (TPSA) is 53.6 Å². The molecule has 0 aromatic heterocycles. The van der Waals surface area contributed by atoms with Crippen molar-refractivity contribution in [2.24, 2.45) is 0 Å². The van der Waals surface area contributed by atoms with Crippen molar-refractivity contribution in [1.29, 1.82) is 0 Å². The van der Waals surface area contributed by atoms with Gasteiger partial charge in [0.2, 0.25) is 5.91 Å². The van der Waals surface area contributed by atoms with E-state index in [-0.39, 0.29) is 18.1 Å². The van der Waals surface area contributed by atoms with Crippen LogP contribution in [0.3, 0.4) is 0 Å². The fourth-order valence-electron chi connectivity index (χ4n) is 2.38. The number of carbonyl (C=O) groups excluding carboxylic acids is 1. The van der Waals surface area contributed by atoms with Gasteiger partial charge in [0.05, 0.1) is 18.8 Å². The van der Waals surface area contributed by atoms with Crippen LogP contribution in [0.5, 0.6) is 0 Å². The molecule has 1 fully saturated rings. The van der Waals surface area contributed by atoms with Crippen molar-refractivity contribution >= 4 is 11.6 Å². The highest BCUT2D eigenvalue weighted by Gasteiger charge is 2.27. The molecular formula is C15H23N3O2. The van der Waals surface area contributed by atoms with Crippen LogP contribution in [0.25, 0.3) is 0 Å². The maximum atomic E-state index is 12.3. The van der Waals surface area contributed by atoms with E-state index in [0.29, 0.717) is 6.61 Å². The fourth-order valence-corrected chi connectivity index (χ4v) is 2.38. The molecule has 2 rings (SSSR count). The highest BCUT2D eigenvalue weighted by molar-refractivity contribution is 5.94. The number of anilines is 1. The van der Waals surface area contributed by atoms with Gasteiger partial charge in [0.25, 0.3) is 0 Å². The molecule has 0 radical (unpaired) electrons. The zero-order valence-corrected chi connectivity index (χ0v) is 12.1. The second-order valence-corrected chi connectivity index (χ2v) is 5.08. The number of morpholine rings is 1. The molecule has 0 bridgehead atoms. The Labute approximate surface area is 120 Å². The summed E-state index contributed by atoms with van der Waals surface area (Å²) in [6.45, 7) is 5.01. The van der Waals surface area contributed by atoms with Gasteiger partial charge in [0.1, 0.15) is 0 Å². The van der Waals surface area contributed by atoms with Crippen LogP contribution in [0, 0.1) is 0 Å². The standard InChI is InChI=1S/C15H23N3O2/c1-12(15(19)17-13-6-4-3-5-7-13)18-8-9-20-14(11-18)10-16-2/h3-7,12,14,16H,8-11H2,1-2H3,(H,17,19). The summed E-state index contributed by atoms with van der Waals surface area (Å²) in [6, 6.07) is 9.40. The van der Waals surface area contributed by atoms with Crippen molar-refractivity contribution in [3.8, 4) is 0 Å². The summed E-state index contributed by atoms with van der Waals surface area (Å²) in [4.78, 5) is 14.4. The summed E-state index contributed by atoms with van der Waals surface area (Å²) in [6.07, 6.45) is 0.153. The molecule has 1 aromatic carbocycles. The van der Waals surface area contributed by atoms with Gasteiger partial charge in [-0.1, -0.05) is 18.2 Å². The van der Waals surface area contributed by atoms with Gasteiger partial charge in [-0.2, -0.15) is 0 Å². The lowest BCUT2D eigenvalue weighted by atomic mass is 10.2. The van der Waals surface area contributed by atoms with Gasteiger partial charge >= 0.3 is 0 Å². The molecular weight excluding hydrogens is 254 g/mol. The van der Waals surface area contributed by atoms with E-state index in [9.17, 15) is 4.79 Å². The van der Waals surface area contributed by atoms with E-state index in [2.05, 4.69) is 15.5 Å². The van der Waals surface area contributed by atoms with E-state index in [0.717, 1.165) is 25.3 Å². The van der Waals surface area contributed by atoms with Crippen LogP contribution < -0.4 is 10.6 Å². The molecule has 5 heteroatoms. The Morgan fingerprint density at radius 3 is 2.90 bits per heavy atom. The van der Waals surface area contributed by atoms with Crippen LogP contribution in [0.2, 0.25) is 0 Å². The number of ether oxygens (including phenoxy) is 1. The highest BCUT2D eigenvalue weighted by Crippen LogP contribution is 2.11. The van der Waals surface area contributed by atoms with Crippen molar-refractivity contribution in [2.75, 3.05) is 38.6 Å². The van der Waals surface area contributed by atoms with Crippen molar-refractivity contribution in [3.05, 3.63) is 30.3 Å². The van der Waals surface area contributed by atoms with Crippen LogP contribution in [-0.2, 0) is 9.53 Å². The number of hydrogen-bond acceptors (Lipinski definition) is 4. The monoisotopic (exact) mass is 277 g/mol. The third kappa shape index (κ3) is 4.03. The van der Waals surface area contributed by atoms with Gasteiger partial charge < -0.3 is 15.4 Å². The zero-order chi connectivity index (χ0) is 14.4. The first-order valence-corrected chi connectivity index (χ1v) is 7.07. The molecule has 1 heterocycles. The second-order valence-electron chi connectivity index (χ2n) is 5.08. The molecule has 2 unspecified atom stereocenters. The van der Waals surface area contributed by atoms with E-state index in [1.165, 1.54) is 0 Å². The summed E-state index contributed by atoms with van der Waals surface area (Å²) in [5, 5.41) is 6.06. The van der Waals surface area contributed by atoms with Gasteiger partial charge in [0.15, 0.2) is 0 Å². The van der Waals surface area contributed by atoms with Gasteiger partial charge in [-0.25, -0.2) is 0 Å².